The topological polar surface area (TPSA) is 0 Å². The average Bonchev–Trinajstić information content (AvgIpc) is 3.17. The molecule has 0 fully saturated rings. The van der Waals surface area contributed by atoms with Crippen molar-refractivity contribution < 1.29 is 0 Å². The summed E-state index contributed by atoms with van der Waals surface area (Å²) in [5.74, 6) is 0. The van der Waals surface area contributed by atoms with E-state index in [4.69, 9.17) is 0 Å². The fourth-order valence-corrected chi connectivity index (χ4v) is 3.72. The SMILES string of the molecule is S.c1ccc(-c2cccc(-c3cccs3)c2-c2ccccc2)cc1. The van der Waals surface area contributed by atoms with Gasteiger partial charge in [0.1, 0.15) is 0 Å². The summed E-state index contributed by atoms with van der Waals surface area (Å²) >= 11 is 1.79. The molecular formula is C22H18S2. The predicted molar refractivity (Wildman–Crippen MR) is 111 cm³/mol. The van der Waals surface area contributed by atoms with E-state index < -0.39 is 0 Å². The monoisotopic (exact) mass is 346 g/mol. The van der Waals surface area contributed by atoms with Crippen molar-refractivity contribution in [3.63, 3.8) is 0 Å². The third-order valence-corrected chi connectivity index (χ3v) is 4.90. The van der Waals surface area contributed by atoms with Crippen molar-refractivity contribution in [1.82, 2.24) is 0 Å². The molecule has 0 saturated carbocycles. The summed E-state index contributed by atoms with van der Waals surface area (Å²) in [5.41, 5.74) is 6.40. The van der Waals surface area contributed by atoms with Gasteiger partial charge >= 0.3 is 0 Å². The minimum atomic E-state index is 0. The molecule has 0 spiro atoms. The standard InChI is InChI=1S/C22H16S.H2S/c1-3-9-17(10-4-1)19-13-7-14-20(21-15-8-16-23-21)22(19)18-11-5-2-6-12-18;/h1-16H;1H2. The molecule has 118 valence electrons. The molecule has 0 unspecified atom stereocenters. The van der Waals surface area contributed by atoms with Gasteiger partial charge in [-0.1, -0.05) is 84.9 Å². The van der Waals surface area contributed by atoms with Gasteiger partial charge in [0.15, 0.2) is 0 Å². The molecule has 0 radical (unpaired) electrons. The van der Waals surface area contributed by atoms with Gasteiger partial charge in [-0.25, -0.2) is 0 Å². The Morgan fingerprint density at radius 3 is 1.75 bits per heavy atom. The summed E-state index contributed by atoms with van der Waals surface area (Å²) in [6, 6.07) is 32.2. The van der Waals surface area contributed by atoms with Crippen molar-refractivity contribution in [2.24, 2.45) is 0 Å². The van der Waals surface area contributed by atoms with Gasteiger partial charge in [-0.05, 0) is 33.7 Å². The van der Waals surface area contributed by atoms with Gasteiger partial charge in [0, 0.05) is 10.4 Å². The van der Waals surface area contributed by atoms with Crippen LogP contribution in [-0.4, -0.2) is 0 Å². The summed E-state index contributed by atoms with van der Waals surface area (Å²) in [6.07, 6.45) is 0. The zero-order chi connectivity index (χ0) is 15.5. The molecule has 0 amide bonds. The molecule has 0 bridgehead atoms. The Hall–Kier alpha value is -2.29. The first kappa shape index (κ1) is 16.6. The highest BCUT2D eigenvalue weighted by atomic mass is 32.1. The summed E-state index contributed by atoms with van der Waals surface area (Å²) in [7, 11) is 0. The van der Waals surface area contributed by atoms with Crippen molar-refractivity contribution >= 4 is 24.8 Å². The first-order valence-corrected chi connectivity index (χ1v) is 8.59. The Balaban J connectivity index is 0.00000169. The Morgan fingerprint density at radius 2 is 1.12 bits per heavy atom. The molecule has 0 saturated heterocycles. The average molecular weight is 347 g/mol. The first-order valence-electron chi connectivity index (χ1n) is 7.71. The van der Waals surface area contributed by atoms with Crippen LogP contribution in [0.4, 0.5) is 0 Å². The molecule has 4 aromatic rings. The number of thiophene rings is 1. The molecule has 1 heterocycles. The first-order chi connectivity index (χ1) is 11.4. The summed E-state index contributed by atoms with van der Waals surface area (Å²) in [6.45, 7) is 0. The van der Waals surface area contributed by atoms with Crippen molar-refractivity contribution in [1.29, 1.82) is 0 Å². The third-order valence-electron chi connectivity index (χ3n) is 4.00. The highest BCUT2D eigenvalue weighted by molar-refractivity contribution is 7.59. The summed E-state index contributed by atoms with van der Waals surface area (Å²) in [5, 5.41) is 2.14. The largest absolute Gasteiger partial charge is 0.197 e. The highest BCUT2D eigenvalue weighted by Gasteiger charge is 2.13. The second kappa shape index (κ2) is 7.52. The lowest BCUT2D eigenvalue weighted by atomic mass is 9.90. The summed E-state index contributed by atoms with van der Waals surface area (Å²) < 4.78 is 0. The van der Waals surface area contributed by atoms with Crippen LogP contribution in [0.1, 0.15) is 0 Å². The normalized spacial score (nSPS) is 10.2. The number of hydrogen-bond donors (Lipinski definition) is 0. The molecule has 0 aliphatic rings. The zero-order valence-electron chi connectivity index (χ0n) is 13.1. The molecule has 0 aliphatic heterocycles. The van der Waals surface area contributed by atoms with Crippen molar-refractivity contribution in [2.45, 2.75) is 0 Å². The van der Waals surface area contributed by atoms with E-state index in [1.165, 1.54) is 32.7 Å². The van der Waals surface area contributed by atoms with Crippen molar-refractivity contribution in [3.05, 3.63) is 96.4 Å². The molecule has 0 atom stereocenters. The molecule has 0 aliphatic carbocycles. The minimum Gasteiger partial charge on any atom is -0.197 e. The van der Waals surface area contributed by atoms with Crippen LogP contribution in [0, 0.1) is 0 Å². The van der Waals surface area contributed by atoms with Crippen LogP contribution >= 0.6 is 24.8 Å². The Labute approximate surface area is 153 Å². The highest BCUT2D eigenvalue weighted by Crippen LogP contribution is 2.41. The Kier molecular flexibility index (Phi) is 5.19. The van der Waals surface area contributed by atoms with Gasteiger partial charge in [0.2, 0.25) is 0 Å². The Morgan fingerprint density at radius 1 is 0.500 bits per heavy atom. The van der Waals surface area contributed by atoms with E-state index in [9.17, 15) is 0 Å². The molecule has 24 heavy (non-hydrogen) atoms. The van der Waals surface area contributed by atoms with Gasteiger partial charge in [0.05, 0.1) is 0 Å². The molecule has 3 aromatic carbocycles. The van der Waals surface area contributed by atoms with Crippen LogP contribution in [0.25, 0.3) is 32.7 Å². The van der Waals surface area contributed by atoms with E-state index in [-0.39, 0.29) is 13.5 Å². The van der Waals surface area contributed by atoms with Crippen LogP contribution in [0.15, 0.2) is 96.4 Å². The lowest BCUT2D eigenvalue weighted by Gasteiger charge is -2.15. The van der Waals surface area contributed by atoms with Gasteiger partial charge in [-0.2, -0.15) is 13.5 Å². The molecule has 2 heteroatoms. The van der Waals surface area contributed by atoms with Crippen LogP contribution in [-0.2, 0) is 0 Å². The van der Waals surface area contributed by atoms with Crippen molar-refractivity contribution in [2.75, 3.05) is 0 Å². The zero-order valence-corrected chi connectivity index (χ0v) is 15.0. The van der Waals surface area contributed by atoms with Crippen LogP contribution in [0.3, 0.4) is 0 Å². The van der Waals surface area contributed by atoms with E-state index >= 15 is 0 Å². The van der Waals surface area contributed by atoms with Gasteiger partial charge in [0.25, 0.3) is 0 Å². The molecular weight excluding hydrogens is 328 g/mol. The number of benzene rings is 3. The summed E-state index contributed by atoms with van der Waals surface area (Å²) in [4.78, 5) is 1.31. The van der Waals surface area contributed by atoms with E-state index in [0.29, 0.717) is 0 Å². The smallest absolute Gasteiger partial charge is 0.0349 e. The van der Waals surface area contributed by atoms with Crippen LogP contribution in [0.2, 0.25) is 0 Å². The lowest BCUT2D eigenvalue weighted by Crippen LogP contribution is -1.88. The van der Waals surface area contributed by atoms with E-state index in [0.717, 1.165) is 0 Å². The van der Waals surface area contributed by atoms with Crippen LogP contribution in [0.5, 0.6) is 0 Å². The molecule has 4 rings (SSSR count). The maximum atomic E-state index is 2.22. The maximum absolute atomic E-state index is 2.22. The van der Waals surface area contributed by atoms with E-state index in [1.807, 2.05) is 0 Å². The Bertz CT molecular complexity index is 895. The lowest BCUT2D eigenvalue weighted by molar-refractivity contribution is 1.58. The van der Waals surface area contributed by atoms with Gasteiger partial charge < -0.3 is 0 Å². The maximum Gasteiger partial charge on any atom is 0.0349 e. The molecule has 0 N–H and O–H groups in total. The number of hydrogen-bond acceptors (Lipinski definition) is 1. The predicted octanol–water partition coefficient (Wildman–Crippen LogP) is 6.86. The minimum absolute atomic E-state index is 0. The van der Waals surface area contributed by atoms with Gasteiger partial charge in [-0.15, -0.1) is 11.3 Å². The van der Waals surface area contributed by atoms with Gasteiger partial charge in [-0.3, -0.25) is 0 Å². The fourth-order valence-electron chi connectivity index (χ4n) is 2.96. The second-order valence-electron chi connectivity index (χ2n) is 5.44. The van der Waals surface area contributed by atoms with Crippen LogP contribution < -0.4 is 0 Å². The second-order valence-corrected chi connectivity index (χ2v) is 6.39. The molecule has 0 nitrogen and oxygen atoms in total. The molecule has 1 aromatic heterocycles. The quantitative estimate of drug-likeness (QED) is 0.380. The number of rotatable bonds is 3. The van der Waals surface area contributed by atoms with Crippen molar-refractivity contribution in [3.8, 4) is 32.7 Å². The fraction of sp³-hybridized carbons (Fsp3) is 0. The van der Waals surface area contributed by atoms with E-state index in [1.54, 1.807) is 11.3 Å². The third kappa shape index (κ3) is 3.16. The van der Waals surface area contributed by atoms with E-state index in [2.05, 4.69) is 96.4 Å².